The van der Waals surface area contributed by atoms with Gasteiger partial charge in [-0.05, 0) is 93.9 Å². The molecule has 4 rings (SSSR count). The number of carbonyl (C=O) groups excluding carboxylic acids is 1. The van der Waals surface area contributed by atoms with Gasteiger partial charge in [0.25, 0.3) is 0 Å². The van der Waals surface area contributed by atoms with Crippen molar-refractivity contribution in [2.45, 2.75) is 78.2 Å². The Morgan fingerprint density at radius 3 is 2.74 bits per heavy atom. The molecule has 0 unspecified atom stereocenters. The number of allylic oxidation sites excluding steroid dienone is 1. The van der Waals surface area contributed by atoms with Crippen molar-refractivity contribution < 1.29 is 19.1 Å². The summed E-state index contributed by atoms with van der Waals surface area (Å²) in [5.74, 6) is 2.41. The molecule has 6 nitrogen and oxygen atoms in total. The molecule has 7 atom stereocenters. The fourth-order valence-corrected chi connectivity index (χ4v) is 8.27. The van der Waals surface area contributed by atoms with Crippen LogP contribution < -0.4 is 5.32 Å². The van der Waals surface area contributed by atoms with Gasteiger partial charge in [0.2, 0.25) is 0 Å². The van der Waals surface area contributed by atoms with Gasteiger partial charge >= 0.3 is 6.09 Å². The number of hydrogen-bond acceptors (Lipinski definition) is 5. The summed E-state index contributed by atoms with van der Waals surface area (Å²) in [5.41, 5.74) is 2.82. The van der Waals surface area contributed by atoms with E-state index in [4.69, 9.17) is 4.84 Å². The van der Waals surface area contributed by atoms with Gasteiger partial charge in [-0.15, -0.1) is 0 Å². The highest BCUT2D eigenvalue weighted by atomic mass is 19.1. The maximum atomic E-state index is 12.9. The Morgan fingerprint density at radius 1 is 1.21 bits per heavy atom. The molecule has 1 amide bonds. The number of oxime groups is 1. The minimum Gasteiger partial charge on any atom is -0.389 e. The van der Waals surface area contributed by atoms with Crippen molar-refractivity contribution >= 4 is 11.8 Å². The monoisotopic (exact) mass is 477 g/mol. The molecule has 34 heavy (non-hydrogen) atoms. The van der Waals surface area contributed by atoms with Crippen LogP contribution in [-0.4, -0.2) is 61.3 Å². The third-order valence-electron chi connectivity index (χ3n) is 10.1. The van der Waals surface area contributed by atoms with Gasteiger partial charge in [-0.3, -0.25) is 4.84 Å². The van der Waals surface area contributed by atoms with Crippen LogP contribution in [0, 0.1) is 34.5 Å². The van der Waals surface area contributed by atoms with Crippen LogP contribution in [0.2, 0.25) is 0 Å². The molecule has 7 heteroatoms. The van der Waals surface area contributed by atoms with Crippen molar-refractivity contribution in [3.63, 3.8) is 0 Å². The molecule has 0 heterocycles. The van der Waals surface area contributed by atoms with E-state index in [0.29, 0.717) is 30.8 Å². The fourth-order valence-electron chi connectivity index (χ4n) is 8.27. The van der Waals surface area contributed by atoms with E-state index < -0.39 is 12.8 Å². The lowest BCUT2D eigenvalue weighted by Crippen LogP contribution is -2.51. The molecule has 2 N–H and O–H groups in total. The molecule has 0 aromatic heterocycles. The summed E-state index contributed by atoms with van der Waals surface area (Å²) in [6.45, 7) is 7.29. The van der Waals surface area contributed by atoms with Gasteiger partial charge in [-0.1, -0.05) is 30.7 Å². The van der Waals surface area contributed by atoms with Gasteiger partial charge < -0.3 is 15.3 Å². The Hall–Kier alpha value is -1.47. The summed E-state index contributed by atoms with van der Waals surface area (Å²) < 4.78 is 12.9. The first-order chi connectivity index (χ1) is 16.2. The van der Waals surface area contributed by atoms with Crippen molar-refractivity contribution in [1.29, 1.82) is 0 Å². The Labute approximate surface area is 204 Å². The maximum Gasteiger partial charge on any atom is 0.436 e. The van der Waals surface area contributed by atoms with Gasteiger partial charge in [0.15, 0.2) is 0 Å². The molecule has 3 fully saturated rings. The zero-order chi connectivity index (χ0) is 24.5. The number of likely N-dealkylation sites (N-methyl/N-ethyl adjacent to an activating group) is 1. The molecule has 4 aliphatic carbocycles. The third kappa shape index (κ3) is 4.55. The molecule has 192 valence electrons. The lowest BCUT2D eigenvalue weighted by molar-refractivity contribution is -0.0479. The molecule has 0 spiro atoms. The molecular weight excluding hydrogens is 433 g/mol. The fraction of sp³-hybridized carbons (Fsp3) is 0.852. The predicted molar refractivity (Wildman–Crippen MR) is 132 cm³/mol. The number of aliphatic hydroxyl groups excluding tert-OH is 1. The van der Waals surface area contributed by atoms with E-state index in [-0.39, 0.29) is 23.5 Å². The molecule has 0 aromatic carbocycles. The van der Waals surface area contributed by atoms with Crippen LogP contribution in [0.4, 0.5) is 9.18 Å². The SMILES string of the molecule is CNCCN(CCF)C(=O)O/N=C(\C)[C@H]1CC[C@H]2[C@@H]3CCC4=C[C@H](O)CC[C@]4(C)[C@H]3CC[C@]12C. The minimum absolute atomic E-state index is 0.0214. The number of amides is 1. The highest BCUT2D eigenvalue weighted by Crippen LogP contribution is 2.66. The summed E-state index contributed by atoms with van der Waals surface area (Å²) >= 11 is 0. The Bertz CT molecular complexity index is 817. The van der Waals surface area contributed by atoms with E-state index in [2.05, 4.69) is 30.4 Å². The standard InChI is InChI=1S/C27H44FN3O3/c1-18(30-34-25(33)31(15-13-28)16-14-29-4)22-7-8-23-21-6-5-19-17-20(32)9-11-26(19,2)24(21)10-12-27(22,23)3/h17,20-24,29,32H,5-16H2,1-4H3/b30-18+/t20-,21+,22-,23+,24+,26+,27-/m1/s1. The Kier molecular flexibility index (Phi) is 7.73. The normalized spacial score (nSPS) is 39.5. The number of nitrogens with one attached hydrogen (secondary N) is 1. The van der Waals surface area contributed by atoms with Crippen molar-refractivity contribution in [2.24, 2.45) is 39.7 Å². The van der Waals surface area contributed by atoms with Crippen LogP contribution in [0.3, 0.4) is 0 Å². The number of aliphatic hydroxyl groups is 1. The Morgan fingerprint density at radius 2 is 2.00 bits per heavy atom. The number of fused-ring (bicyclic) bond motifs is 5. The highest BCUT2D eigenvalue weighted by molar-refractivity contribution is 5.85. The van der Waals surface area contributed by atoms with Crippen LogP contribution in [0.25, 0.3) is 0 Å². The summed E-state index contributed by atoms with van der Waals surface area (Å²) in [4.78, 5) is 19.2. The van der Waals surface area contributed by atoms with Crippen molar-refractivity contribution in [3.05, 3.63) is 11.6 Å². The van der Waals surface area contributed by atoms with Gasteiger partial charge in [0, 0.05) is 19.0 Å². The van der Waals surface area contributed by atoms with E-state index in [1.54, 1.807) is 7.05 Å². The molecule has 0 aromatic rings. The molecule has 0 aliphatic heterocycles. The van der Waals surface area contributed by atoms with Crippen LogP contribution in [0.1, 0.15) is 72.1 Å². The van der Waals surface area contributed by atoms with Gasteiger partial charge in [-0.25, -0.2) is 9.18 Å². The van der Waals surface area contributed by atoms with E-state index >= 15 is 0 Å². The maximum absolute atomic E-state index is 12.9. The van der Waals surface area contributed by atoms with Crippen LogP contribution in [0.5, 0.6) is 0 Å². The third-order valence-corrected chi connectivity index (χ3v) is 10.1. The first-order valence-electron chi connectivity index (χ1n) is 13.3. The topological polar surface area (TPSA) is 74.2 Å². The number of halogens is 1. The summed E-state index contributed by atoms with van der Waals surface area (Å²) in [5, 5.41) is 17.5. The molecule has 0 bridgehead atoms. The summed E-state index contributed by atoms with van der Waals surface area (Å²) in [7, 11) is 1.80. The van der Waals surface area contributed by atoms with E-state index in [0.717, 1.165) is 37.3 Å². The van der Waals surface area contributed by atoms with Crippen LogP contribution in [-0.2, 0) is 4.84 Å². The van der Waals surface area contributed by atoms with E-state index in [9.17, 15) is 14.3 Å². The average molecular weight is 478 g/mol. The highest BCUT2D eigenvalue weighted by Gasteiger charge is 2.59. The van der Waals surface area contributed by atoms with Gasteiger partial charge in [0.1, 0.15) is 6.67 Å². The number of carbonyl (C=O) groups is 1. The lowest BCUT2D eigenvalue weighted by Gasteiger charge is -2.58. The van der Waals surface area contributed by atoms with Gasteiger partial charge in [0.05, 0.1) is 18.4 Å². The first kappa shape index (κ1) is 25.6. The number of rotatable bonds is 7. The quantitative estimate of drug-likeness (QED) is 0.236. The average Bonchev–Trinajstić information content (AvgIpc) is 3.17. The smallest absolute Gasteiger partial charge is 0.389 e. The van der Waals surface area contributed by atoms with Crippen LogP contribution in [0.15, 0.2) is 16.8 Å². The second kappa shape index (κ2) is 10.3. The molecule has 4 aliphatic rings. The van der Waals surface area contributed by atoms with E-state index in [1.165, 1.54) is 36.2 Å². The number of nitrogens with zero attached hydrogens (tertiary/aromatic N) is 2. The van der Waals surface area contributed by atoms with Crippen molar-refractivity contribution in [1.82, 2.24) is 10.2 Å². The lowest BCUT2D eigenvalue weighted by atomic mass is 9.46. The zero-order valence-electron chi connectivity index (χ0n) is 21.5. The molecule has 0 saturated heterocycles. The number of hydrogen-bond donors (Lipinski definition) is 2. The Balaban J connectivity index is 1.45. The number of alkyl halides is 1. The largest absolute Gasteiger partial charge is 0.436 e. The minimum atomic E-state index is -0.596. The molecular formula is C27H44FN3O3. The van der Waals surface area contributed by atoms with Crippen molar-refractivity contribution in [3.8, 4) is 0 Å². The zero-order valence-corrected chi connectivity index (χ0v) is 21.5. The summed E-state index contributed by atoms with van der Waals surface area (Å²) in [6.07, 6.45) is 10.4. The second-order valence-electron chi connectivity index (χ2n) is 11.7. The van der Waals surface area contributed by atoms with Crippen molar-refractivity contribution in [2.75, 3.05) is 33.4 Å². The first-order valence-corrected chi connectivity index (χ1v) is 13.3. The van der Waals surface area contributed by atoms with Crippen LogP contribution >= 0.6 is 0 Å². The second-order valence-corrected chi connectivity index (χ2v) is 11.7. The van der Waals surface area contributed by atoms with Gasteiger partial charge in [-0.2, -0.15) is 0 Å². The molecule has 3 saturated carbocycles. The summed E-state index contributed by atoms with van der Waals surface area (Å²) in [6, 6.07) is 0. The van der Waals surface area contributed by atoms with E-state index in [1.807, 2.05) is 6.92 Å². The predicted octanol–water partition coefficient (Wildman–Crippen LogP) is 4.93. The molecule has 0 radical (unpaired) electrons.